The van der Waals surface area contributed by atoms with Crippen LogP contribution in [-0.2, 0) is 4.74 Å². The van der Waals surface area contributed by atoms with Gasteiger partial charge in [0.15, 0.2) is 5.78 Å². The van der Waals surface area contributed by atoms with E-state index in [-0.39, 0.29) is 11.1 Å². The molecular weight excluding hydrogens is 263 g/mol. The Morgan fingerprint density at radius 3 is 2.60 bits per heavy atom. The average Bonchev–Trinajstić information content (AvgIpc) is 2.34. The number of rotatable bonds is 3. The molecule has 0 saturated carbocycles. The van der Waals surface area contributed by atoms with Crippen molar-refractivity contribution in [1.29, 1.82) is 5.26 Å². The van der Waals surface area contributed by atoms with Gasteiger partial charge in [0.25, 0.3) is 0 Å². The Bertz CT molecular complexity index is 571. The Morgan fingerprint density at radius 1 is 1.40 bits per heavy atom. The maximum absolute atomic E-state index is 13.5. The summed E-state index contributed by atoms with van der Waals surface area (Å²) >= 11 is 0. The first-order chi connectivity index (χ1) is 9.23. The summed E-state index contributed by atoms with van der Waals surface area (Å²) < 4.78 is 18.4. The van der Waals surface area contributed by atoms with Gasteiger partial charge in [-0.15, -0.1) is 0 Å². The molecule has 0 spiro atoms. The van der Waals surface area contributed by atoms with Crippen molar-refractivity contribution in [2.45, 2.75) is 26.4 Å². The van der Waals surface area contributed by atoms with Crippen molar-refractivity contribution in [1.82, 2.24) is 5.32 Å². The Labute approximate surface area is 116 Å². The lowest BCUT2D eigenvalue weighted by Crippen LogP contribution is -2.35. The third-order valence-corrected chi connectivity index (χ3v) is 2.19. The molecule has 0 heterocycles. The van der Waals surface area contributed by atoms with E-state index in [0.717, 1.165) is 12.1 Å². The normalized spacial score (nSPS) is 10.6. The molecule has 0 aliphatic carbocycles. The Kier molecular flexibility index (Phi) is 4.81. The number of carbonyl (C=O) groups is 2. The number of ether oxygens (including phenoxy) is 1. The number of hydrogen-bond donors (Lipinski definition) is 1. The number of halogens is 1. The van der Waals surface area contributed by atoms with E-state index in [2.05, 4.69) is 5.32 Å². The standard InChI is InChI=1S/C14H15FN2O3/c1-14(2,3)20-13(19)17-8-12(18)10-6-9(7-16)4-5-11(10)15/h4-6H,8H2,1-3H3,(H,17,19). The summed E-state index contributed by atoms with van der Waals surface area (Å²) in [5.41, 5.74) is -0.744. The fraction of sp³-hybridized carbons (Fsp3) is 0.357. The van der Waals surface area contributed by atoms with Crippen LogP contribution in [0.25, 0.3) is 0 Å². The molecule has 0 saturated heterocycles. The fourth-order valence-electron chi connectivity index (χ4n) is 1.37. The highest BCUT2D eigenvalue weighted by Gasteiger charge is 2.18. The molecule has 106 valence electrons. The molecule has 1 rings (SSSR count). The molecule has 1 amide bonds. The van der Waals surface area contributed by atoms with E-state index in [0.29, 0.717) is 0 Å². The van der Waals surface area contributed by atoms with E-state index in [1.807, 2.05) is 6.07 Å². The van der Waals surface area contributed by atoms with Crippen LogP contribution in [-0.4, -0.2) is 24.0 Å². The van der Waals surface area contributed by atoms with Crippen LogP contribution in [0.15, 0.2) is 18.2 Å². The second-order valence-corrected chi connectivity index (χ2v) is 5.09. The van der Waals surface area contributed by atoms with Crippen LogP contribution in [0.3, 0.4) is 0 Å². The minimum absolute atomic E-state index is 0.173. The maximum Gasteiger partial charge on any atom is 0.408 e. The number of Topliss-reactive ketones (excluding diaryl/α,β-unsaturated/α-hetero) is 1. The van der Waals surface area contributed by atoms with Crippen molar-refractivity contribution in [3.05, 3.63) is 35.1 Å². The quantitative estimate of drug-likeness (QED) is 0.861. The Morgan fingerprint density at radius 2 is 2.05 bits per heavy atom. The molecule has 0 aliphatic heterocycles. The third kappa shape index (κ3) is 4.69. The van der Waals surface area contributed by atoms with E-state index in [1.165, 1.54) is 6.07 Å². The fourth-order valence-corrected chi connectivity index (χ4v) is 1.37. The van der Waals surface area contributed by atoms with Crippen molar-refractivity contribution in [2.75, 3.05) is 6.54 Å². The molecule has 0 aromatic heterocycles. The molecule has 0 unspecified atom stereocenters. The summed E-state index contributed by atoms with van der Waals surface area (Å²) in [6, 6.07) is 5.27. The first-order valence-electron chi connectivity index (χ1n) is 5.92. The highest BCUT2D eigenvalue weighted by molar-refractivity contribution is 5.99. The summed E-state index contributed by atoms with van der Waals surface area (Å²) in [5.74, 6) is -1.37. The van der Waals surface area contributed by atoms with Crippen molar-refractivity contribution < 1.29 is 18.7 Å². The minimum atomic E-state index is -0.761. The average molecular weight is 278 g/mol. The van der Waals surface area contributed by atoms with Gasteiger partial charge in [0.2, 0.25) is 0 Å². The van der Waals surface area contributed by atoms with Crippen molar-refractivity contribution in [3.63, 3.8) is 0 Å². The minimum Gasteiger partial charge on any atom is -0.444 e. The van der Waals surface area contributed by atoms with Gasteiger partial charge in [-0.3, -0.25) is 4.79 Å². The molecule has 0 atom stereocenters. The SMILES string of the molecule is CC(C)(C)OC(=O)NCC(=O)c1cc(C#N)ccc1F. The molecule has 5 nitrogen and oxygen atoms in total. The Hall–Kier alpha value is -2.42. The summed E-state index contributed by atoms with van der Waals surface area (Å²) in [7, 11) is 0. The molecule has 0 radical (unpaired) electrons. The monoisotopic (exact) mass is 278 g/mol. The van der Waals surface area contributed by atoms with Crippen LogP contribution in [0.1, 0.15) is 36.7 Å². The van der Waals surface area contributed by atoms with Crippen LogP contribution in [0, 0.1) is 17.1 Å². The second-order valence-electron chi connectivity index (χ2n) is 5.09. The number of hydrogen-bond acceptors (Lipinski definition) is 4. The predicted molar refractivity (Wildman–Crippen MR) is 69.7 cm³/mol. The van der Waals surface area contributed by atoms with Crippen LogP contribution < -0.4 is 5.32 Å². The van der Waals surface area contributed by atoms with Gasteiger partial charge in [0, 0.05) is 0 Å². The van der Waals surface area contributed by atoms with E-state index < -0.39 is 29.8 Å². The summed E-state index contributed by atoms with van der Waals surface area (Å²) in [4.78, 5) is 23.2. The molecule has 0 bridgehead atoms. The number of benzene rings is 1. The van der Waals surface area contributed by atoms with Crippen LogP contribution in [0.2, 0.25) is 0 Å². The van der Waals surface area contributed by atoms with Crippen molar-refractivity contribution in [2.24, 2.45) is 0 Å². The number of alkyl carbamates (subject to hydrolysis) is 1. The van der Waals surface area contributed by atoms with Gasteiger partial charge < -0.3 is 10.1 Å². The zero-order valence-corrected chi connectivity index (χ0v) is 11.5. The molecule has 1 aromatic rings. The molecule has 0 aliphatic rings. The van der Waals surface area contributed by atoms with Gasteiger partial charge in [-0.25, -0.2) is 9.18 Å². The summed E-state index contributed by atoms with van der Waals surface area (Å²) in [6.07, 6.45) is -0.761. The van der Waals surface area contributed by atoms with E-state index in [9.17, 15) is 14.0 Å². The number of ketones is 1. The lowest BCUT2D eigenvalue weighted by atomic mass is 10.1. The largest absolute Gasteiger partial charge is 0.444 e. The third-order valence-electron chi connectivity index (χ3n) is 2.19. The number of nitrogens with one attached hydrogen (secondary N) is 1. The van der Waals surface area contributed by atoms with E-state index >= 15 is 0 Å². The summed E-state index contributed by atoms with van der Waals surface area (Å²) in [6.45, 7) is 4.65. The van der Waals surface area contributed by atoms with Crippen LogP contribution >= 0.6 is 0 Å². The molecule has 1 aromatic carbocycles. The highest BCUT2D eigenvalue weighted by Crippen LogP contribution is 2.11. The molecule has 20 heavy (non-hydrogen) atoms. The van der Waals surface area contributed by atoms with Crippen LogP contribution in [0.5, 0.6) is 0 Å². The predicted octanol–water partition coefficient (Wildman–Crippen LogP) is 2.40. The topological polar surface area (TPSA) is 79.2 Å². The van der Waals surface area contributed by atoms with Gasteiger partial charge in [0.05, 0.1) is 23.7 Å². The highest BCUT2D eigenvalue weighted by atomic mass is 19.1. The molecular formula is C14H15FN2O3. The first-order valence-corrected chi connectivity index (χ1v) is 5.92. The molecule has 1 N–H and O–H groups in total. The first kappa shape index (κ1) is 15.6. The number of carbonyl (C=O) groups excluding carboxylic acids is 2. The number of amides is 1. The molecule has 6 heteroatoms. The lowest BCUT2D eigenvalue weighted by molar-refractivity contribution is 0.0520. The van der Waals surface area contributed by atoms with Crippen LogP contribution in [0.4, 0.5) is 9.18 Å². The summed E-state index contributed by atoms with van der Waals surface area (Å²) in [5, 5.41) is 10.9. The Balaban J connectivity index is 2.69. The van der Waals surface area contributed by atoms with Crippen molar-refractivity contribution >= 4 is 11.9 Å². The second kappa shape index (κ2) is 6.15. The smallest absolute Gasteiger partial charge is 0.408 e. The zero-order chi connectivity index (χ0) is 15.3. The number of nitriles is 1. The number of nitrogens with zero attached hydrogens (tertiary/aromatic N) is 1. The maximum atomic E-state index is 13.5. The van der Waals surface area contributed by atoms with Gasteiger partial charge in [-0.2, -0.15) is 5.26 Å². The lowest BCUT2D eigenvalue weighted by Gasteiger charge is -2.19. The van der Waals surface area contributed by atoms with Gasteiger partial charge in [-0.1, -0.05) is 0 Å². The van der Waals surface area contributed by atoms with Gasteiger partial charge in [0.1, 0.15) is 11.4 Å². The van der Waals surface area contributed by atoms with Crippen molar-refractivity contribution in [3.8, 4) is 6.07 Å². The van der Waals surface area contributed by atoms with Gasteiger partial charge >= 0.3 is 6.09 Å². The van der Waals surface area contributed by atoms with Gasteiger partial charge in [-0.05, 0) is 39.0 Å². The molecule has 0 fully saturated rings. The van der Waals surface area contributed by atoms with E-state index in [1.54, 1.807) is 20.8 Å². The zero-order valence-electron chi connectivity index (χ0n) is 11.5. The van der Waals surface area contributed by atoms with E-state index in [4.69, 9.17) is 10.00 Å².